The highest BCUT2D eigenvalue weighted by Gasteiger charge is 2.25. The van der Waals surface area contributed by atoms with Crippen LogP contribution in [0.2, 0.25) is 0 Å². The lowest BCUT2D eigenvalue weighted by molar-refractivity contribution is -0.129. The summed E-state index contributed by atoms with van der Waals surface area (Å²) in [7, 11) is 2.61. The molecule has 0 radical (unpaired) electrons. The molecule has 2 aromatic rings. The third-order valence-corrected chi connectivity index (χ3v) is 4.48. The normalized spacial score (nSPS) is 14.4. The third kappa shape index (κ3) is 5.54. The number of ether oxygens (including phenoxy) is 5. The number of nitrogens with zero attached hydrogens (tertiary/aromatic N) is 1. The molecule has 0 saturated carbocycles. The zero-order valence-electron chi connectivity index (χ0n) is 17.9. The van der Waals surface area contributed by atoms with E-state index in [-0.39, 0.29) is 28.8 Å². The van der Waals surface area contributed by atoms with Crippen LogP contribution in [0.15, 0.2) is 47.1 Å². The molecule has 1 heterocycles. The Morgan fingerprint density at radius 3 is 2.31 bits per heavy atom. The van der Waals surface area contributed by atoms with Crippen molar-refractivity contribution in [3.63, 3.8) is 0 Å². The van der Waals surface area contributed by atoms with Crippen molar-refractivity contribution < 1.29 is 37.3 Å². The van der Waals surface area contributed by atoms with Crippen LogP contribution in [0.25, 0.3) is 6.08 Å². The van der Waals surface area contributed by atoms with Crippen LogP contribution in [0.1, 0.15) is 30.9 Å². The second-order valence-corrected chi connectivity index (χ2v) is 6.70. The summed E-state index contributed by atoms with van der Waals surface area (Å²) in [5.41, 5.74) is 1.08. The first kappa shape index (κ1) is 23.1. The lowest BCUT2D eigenvalue weighted by atomic mass is 10.1. The standard InChI is InChI=1S/C23H23F2NO6/c1-4-5-10-30-16-8-6-15(7-9-16)21-26-17(22(27)32-21)11-14-12-18(28-2)20(31-23(24)25)19(13-14)29-3/h6-9,11-13,23H,4-5,10H2,1-3H3/b17-11+. The Hall–Kier alpha value is -3.62. The number of hydrogen-bond donors (Lipinski definition) is 0. The molecule has 7 nitrogen and oxygen atoms in total. The molecule has 1 aliphatic heterocycles. The van der Waals surface area contributed by atoms with Crippen LogP contribution in [0.4, 0.5) is 8.78 Å². The van der Waals surface area contributed by atoms with Crippen LogP contribution in [0.3, 0.4) is 0 Å². The maximum Gasteiger partial charge on any atom is 0.387 e. The van der Waals surface area contributed by atoms with Crippen molar-refractivity contribution in [2.75, 3.05) is 20.8 Å². The van der Waals surface area contributed by atoms with E-state index in [1.54, 1.807) is 24.3 Å². The van der Waals surface area contributed by atoms with Crippen LogP contribution in [0, 0.1) is 0 Å². The van der Waals surface area contributed by atoms with Crippen LogP contribution in [-0.2, 0) is 9.53 Å². The van der Waals surface area contributed by atoms with Crippen LogP contribution < -0.4 is 18.9 Å². The summed E-state index contributed by atoms with van der Waals surface area (Å²) < 4.78 is 51.1. The number of esters is 1. The maximum absolute atomic E-state index is 12.7. The van der Waals surface area contributed by atoms with Gasteiger partial charge in [-0.25, -0.2) is 9.79 Å². The first-order valence-electron chi connectivity index (χ1n) is 9.91. The summed E-state index contributed by atoms with van der Waals surface area (Å²) >= 11 is 0. The maximum atomic E-state index is 12.7. The molecular formula is C23H23F2NO6. The van der Waals surface area contributed by atoms with E-state index >= 15 is 0 Å². The van der Waals surface area contributed by atoms with Gasteiger partial charge in [-0.2, -0.15) is 8.78 Å². The van der Waals surface area contributed by atoms with Gasteiger partial charge in [0.15, 0.2) is 17.2 Å². The predicted octanol–water partition coefficient (Wildman–Crippen LogP) is 4.83. The highest BCUT2D eigenvalue weighted by Crippen LogP contribution is 2.40. The van der Waals surface area contributed by atoms with E-state index < -0.39 is 12.6 Å². The van der Waals surface area contributed by atoms with Crippen molar-refractivity contribution in [3.05, 3.63) is 53.2 Å². The van der Waals surface area contributed by atoms with Crippen molar-refractivity contribution in [1.29, 1.82) is 0 Å². The largest absolute Gasteiger partial charge is 0.494 e. The van der Waals surface area contributed by atoms with Gasteiger partial charge in [0.2, 0.25) is 11.6 Å². The van der Waals surface area contributed by atoms with E-state index in [4.69, 9.17) is 18.9 Å². The Balaban J connectivity index is 1.85. The van der Waals surface area contributed by atoms with Gasteiger partial charge in [-0.05, 0) is 54.5 Å². The van der Waals surface area contributed by atoms with Gasteiger partial charge in [0.05, 0.1) is 20.8 Å². The highest BCUT2D eigenvalue weighted by atomic mass is 19.3. The minimum Gasteiger partial charge on any atom is -0.494 e. The summed E-state index contributed by atoms with van der Waals surface area (Å²) in [5.74, 6) is 0.0169. The summed E-state index contributed by atoms with van der Waals surface area (Å²) in [6, 6.07) is 9.91. The summed E-state index contributed by atoms with van der Waals surface area (Å²) in [5, 5.41) is 0. The summed E-state index contributed by atoms with van der Waals surface area (Å²) in [6.07, 6.45) is 3.44. The molecule has 9 heteroatoms. The number of aliphatic imine (C=N–C) groups is 1. The number of unbranched alkanes of at least 4 members (excludes halogenated alkanes) is 1. The van der Waals surface area contributed by atoms with E-state index in [1.807, 2.05) is 0 Å². The zero-order valence-corrected chi connectivity index (χ0v) is 17.9. The summed E-state index contributed by atoms with van der Waals surface area (Å²) in [4.78, 5) is 16.6. The molecule has 1 aliphatic rings. The zero-order chi connectivity index (χ0) is 23.1. The third-order valence-electron chi connectivity index (χ3n) is 4.48. The Kier molecular flexibility index (Phi) is 7.64. The van der Waals surface area contributed by atoms with E-state index in [1.165, 1.54) is 32.4 Å². The van der Waals surface area contributed by atoms with Gasteiger partial charge in [0.25, 0.3) is 0 Å². The molecule has 0 N–H and O–H groups in total. The lowest BCUT2D eigenvalue weighted by Crippen LogP contribution is -2.06. The fraction of sp³-hybridized carbons (Fsp3) is 0.304. The molecule has 0 atom stereocenters. The molecule has 32 heavy (non-hydrogen) atoms. The summed E-state index contributed by atoms with van der Waals surface area (Å²) in [6.45, 7) is -0.336. The molecule has 0 bridgehead atoms. The number of carbonyl (C=O) groups is 1. The molecule has 0 fully saturated rings. The number of benzene rings is 2. The van der Waals surface area contributed by atoms with Crippen molar-refractivity contribution in [2.24, 2.45) is 4.99 Å². The molecule has 0 unspecified atom stereocenters. The number of cyclic esters (lactones) is 1. The van der Waals surface area contributed by atoms with Crippen molar-refractivity contribution in [3.8, 4) is 23.0 Å². The molecule has 170 valence electrons. The molecular weight excluding hydrogens is 424 g/mol. The second-order valence-electron chi connectivity index (χ2n) is 6.70. The average Bonchev–Trinajstić information content (AvgIpc) is 3.14. The number of methoxy groups -OCH3 is 2. The Bertz CT molecular complexity index is 993. The van der Waals surface area contributed by atoms with Gasteiger partial charge in [-0.3, -0.25) is 0 Å². The van der Waals surface area contributed by atoms with Gasteiger partial charge in [0.1, 0.15) is 5.75 Å². The van der Waals surface area contributed by atoms with Gasteiger partial charge in [-0.15, -0.1) is 0 Å². The molecule has 0 aliphatic carbocycles. The lowest BCUT2D eigenvalue weighted by Gasteiger charge is -2.14. The molecule has 2 aromatic carbocycles. The Labute approximate surface area is 184 Å². The number of halogens is 2. The Morgan fingerprint density at radius 2 is 1.75 bits per heavy atom. The SMILES string of the molecule is CCCCOc1ccc(C2=N/C(=C/c3cc(OC)c(OC(F)F)c(OC)c3)C(=O)O2)cc1. The number of carbonyl (C=O) groups excluding carboxylic acids is 1. The quantitative estimate of drug-likeness (QED) is 0.295. The Morgan fingerprint density at radius 1 is 1.09 bits per heavy atom. The highest BCUT2D eigenvalue weighted by molar-refractivity contribution is 6.12. The van der Waals surface area contributed by atoms with Gasteiger partial charge >= 0.3 is 12.6 Å². The fourth-order valence-electron chi connectivity index (χ4n) is 2.91. The van der Waals surface area contributed by atoms with E-state index in [0.717, 1.165) is 12.8 Å². The van der Waals surface area contributed by atoms with Crippen molar-refractivity contribution in [2.45, 2.75) is 26.4 Å². The first-order valence-corrected chi connectivity index (χ1v) is 9.91. The van der Waals surface area contributed by atoms with E-state index in [9.17, 15) is 13.6 Å². The minimum atomic E-state index is -3.05. The minimum absolute atomic E-state index is 0.0192. The van der Waals surface area contributed by atoms with Crippen LogP contribution in [-0.4, -0.2) is 39.3 Å². The smallest absolute Gasteiger partial charge is 0.387 e. The van der Waals surface area contributed by atoms with Crippen LogP contribution in [0.5, 0.6) is 23.0 Å². The average molecular weight is 447 g/mol. The number of alkyl halides is 2. The van der Waals surface area contributed by atoms with Crippen molar-refractivity contribution in [1.82, 2.24) is 0 Å². The van der Waals surface area contributed by atoms with Crippen LogP contribution >= 0.6 is 0 Å². The van der Waals surface area contributed by atoms with Crippen molar-refractivity contribution >= 4 is 17.9 Å². The first-order chi connectivity index (χ1) is 15.4. The number of hydrogen-bond acceptors (Lipinski definition) is 7. The molecule has 0 amide bonds. The molecule has 0 spiro atoms. The van der Waals surface area contributed by atoms with Gasteiger partial charge < -0.3 is 23.7 Å². The van der Waals surface area contributed by atoms with Gasteiger partial charge in [-0.1, -0.05) is 13.3 Å². The molecule has 3 rings (SSSR count). The number of rotatable bonds is 10. The monoisotopic (exact) mass is 447 g/mol. The molecule has 0 aromatic heterocycles. The fourth-order valence-corrected chi connectivity index (χ4v) is 2.91. The molecule has 0 saturated heterocycles. The topological polar surface area (TPSA) is 75.6 Å². The predicted molar refractivity (Wildman–Crippen MR) is 114 cm³/mol. The van der Waals surface area contributed by atoms with Gasteiger partial charge in [0, 0.05) is 5.56 Å². The van der Waals surface area contributed by atoms with E-state index in [2.05, 4.69) is 16.7 Å². The second kappa shape index (κ2) is 10.6. The van der Waals surface area contributed by atoms with E-state index in [0.29, 0.717) is 23.5 Å².